The summed E-state index contributed by atoms with van der Waals surface area (Å²) in [4.78, 5) is 12.5. The second kappa shape index (κ2) is 9.74. The highest BCUT2D eigenvalue weighted by atomic mass is 32.2. The number of hydrogen-bond acceptors (Lipinski definition) is 6. The maximum absolute atomic E-state index is 12.5. The maximum atomic E-state index is 12.5. The lowest BCUT2D eigenvalue weighted by Gasteiger charge is -2.09. The third-order valence-corrected chi connectivity index (χ3v) is 5.80. The maximum Gasteiger partial charge on any atom is 0.234 e. The highest BCUT2D eigenvalue weighted by Crippen LogP contribution is 2.27. The Bertz CT molecular complexity index is 1210. The van der Waals surface area contributed by atoms with E-state index in [-0.39, 0.29) is 11.7 Å². The fourth-order valence-electron chi connectivity index (χ4n) is 3.25. The molecule has 32 heavy (non-hydrogen) atoms. The molecular formula is C24H24N4O3S. The minimum absolute atomic E-state index is 0.117. The molecule has 0 spiro atoms. The van der Waals surface area contributed by atoms with E-state index in [2.05, 4.69) is 15.5 Å². The number of carbonyl (C=O) groups excluding carboxylic acids is 1. The molecule has 0 saturated heterocycles. The minimum atomic E-state index is -0.117. The Hall–Kier alpha value is -3.52. The average Bonchev–Trinajstić information content (AvgIpc) is 3.38. The largest absolute Gasteiger partial charge is 0.469 e. The van der Waals surface area contributed by atoms with Crippen LogP contribution in [0.25, 0.3) is 11.4 Å². The minimum Gasteiger partial charge on any atom is -0.469 e. The number of aryl methyl sites for hydroxylation is 2. The summed E-state index contributed by atoms with van der Waals surface area (Å²) in [5.41, 5.74) is 2.75. The first-order valence-electron chi connectivity index (χ1n) is 10.3. The van der Waals surface area contributed by atoms with Crippen molar-refractivity contribution < 1.29 is 13.9 Å². The lowest BCUT2D eigenvalue weighted by molar-refractivity contribution is -0.113. The summed E-state index contributed by atoms with van der Waals surface area (Å²) in [7, 11) is 0. The Morgan fingerprint density at radius 3 is 2.59 bits per heavy atom. The van der Waals surface area contributed by atoms with Gasteiger partial charge in [0.1, 0.15) is 17.3 Å². The molecule has 1 amide bonds. The molecule has 0 fully saturated rings. The van der Waals surface area contributed by atoms with E-state index < -0.39 is 0 Å². The predicted molar refractivity (Wildman–Crippen MR) is 125 cm³/mol. The number of nitrogens with one attached hydrogen (secondary N) is 1. The van der Waals surface area contributed by atoms with Crippen LogP contribution < -0.4 is 10.1 Å². The molecule has 2 aromatic heterocycles. The standard InChI is InChI=1S/C24H24N4O3S/c1-4-28-23(21-12-13-30-17(21)3)26-27-24(28)32-15-22(29)25-18-8-10-19(11-9-18)31-20-7-5-6-16(2)14-20/h5-14H,4,15H2,1-3H3,(H,25,29). The molecule has 0 aliphatic rings. The molecule has 0 unspecified atom stereocenters. The molecule has 0 bridgehead atoms. The van der Waals surface area contributed by atoms with Crippen LogP contribution in [0.1, 0.15) is 18.2 Å². The number of nitrogens with zero attached hydrogens (tertiary/aromatic N) is 3. The van der Waals surface area contributed by atoms with Gasteiger partial charge in [-0.25, -0.2) is 0 Å². The number of anilines is 1. The molecule has 164 valence electrons. The Morgan fingerprint density at radius 2 is 1.91 bits per heavy atom. The number of thioether (sulfide) groups is 1. The van der Waals surface area contributed by atoms with E-state index >= 15 is 0 Å². The highest BCUT2D eigenvalue weighted by Gasteiger charge is 2.17. The third kappa shape index (κ3) is 5.03. The van der Waals surface area contributed by atoms with Crippen molar-refractivity contribution in [3.05, 3.63) is 72.2 Å². The molecule has 4 rings (SSSR count). The first kappa shape index (κ1) is 21.7. The van der Waals surface area contributed by atoms with Gasteiger partial charge in [-0.1, -0.05) is 23.9 Å². The fraction of sp³-hybridized carbons (Fsp3) is 0.208. The lowest BCUT2D eigenvalue weighted by Crippen LogP contribution is -2.14. The number of amides is 1. The predicted octanol–water partition coefficient (Wildman–Crippen LogP) is 5.70. The molecule has 1 N–H and O–H groups in total. The monoisotopic (exact) mass is 448 g/mol. The highest BCUT2D eigenvalue weighted by molar-refractivity contribution is 7.99. The normalized spacial score (nSPS) is 10.8. The van der Waals surface area contributed by atoms with E-state index in [4.69, 9.17) is 9.15 Å². The third-order valence-electron chi connectivity index (χ3n) is 4.83. The van der Waals surface area contributed by atoms with Crippen LogP contribution >= 0.6 is 11.8 Å². The topological polar surface area (TPSA) is 82.2 Å². The van der Waals surface area contributed by atoms with Gasteiger partial charge in [-0.2, -0.15) is 0 Å². The van der Waals surface area contributed by atoms with Crippen molar-refractivity contribution >= 4 is 23.4 Å². The van der Waals surface area contributed by atoms with Gasteiger partial charge in [0.2, 0.25) is 5.91 Å². The summed E-state index contributed by atoms with van der Waals surface area (Å²) in [5.74, 6) is 3.13. The van der Waals surface area contributed by atoms with Crippen LogP contribution in [0, 0.1) is 13.8 Å². The first-order valence-corrected chi connectivity index (χ1v) is 11.3. The van der Waals surface area contributed by atoms with Crippen LogP contribution in [0.15, 0.2) is 70.4 Å². The average molecular weight is 449 g/mol. The molecule has 8 heteroatoms. The summed E-state index contributed by atoms with van der Waals surface area (Å²) in [6, 6.07) is 17.0. The van der Waals surface area contributed by atoms with E-state index in [1.165, 1.54) is 11.8 Å². The van der Waals surface area contributed by atoms with E-state index in [9.17, 15) is 4.79 Å². The molecule has 2 heterocycles. The number of ether oxygens (including phenoxy) is 1. The molecule has 0 aliphatic heterocycles. The molecule has 7 nitrogen and oxygen atoms in total. The number of aromatic nitrogens is 3. The van der Waals surface area contributed by atoms with Crippen molar-refractivity contribution in [3.8, 4) is 22.9 Å². The van der Waals surface area contributed by atoms with Crippen molar-refractivity contribution in [2.45, 2.75) is 32.5 Å². The Balaban J connectivity index is 1.34. The fourth-order valence-corrected chi connectivity index (χ4v) is 4.05. The van der Waals surface area contributed by atoms with Crippen molar-refractivity contribution in [1.29, 1.82) is 0 Å². The zero-order chi connectivity index (χ0) is 22.5. The number of hydrogen-bond donors (Lipinski definition) is 1. The summed E-state index contributed by atoms with van der Waals surface area (Å²) in [6.07, 6.45) is 1.64. The quantitative estimate of drug-likeness (QED) is 0.348. The summed E-state index contributed by atoms with van der Waals surface area (Å²) >= 11 is 1.35. The number of rotatable bonds is 8. The van der Waals surface area contributed by atoms with Gasteiger partial charge < -0.3 is 19.0 Å². The molecule has 4 aromatic rings. The van der Waals surface area contributed by atoms with Gasteiger partial charge in [0.25, 0.3) is 0 Å². The van der Waals surface area contributed by atoms with Crippen LogP contribution in [-0.4, -0.2) is 26.4 Å². The van der Waals surface area contributed by atoms with Crippen molar-refractivity contribution in [2.75, 3.05) is 11.1 Å². The molecule has 0 atom stereocenters. The zero-order valence-corrected chi connectivity index (χ0v) is 19.0. The second-order valence-electron chi connectivity index (χ2n) is 7.22. The number of furan rings is 1. The van der Waals surface area contributed by atoms with Crippen LogP contribution in [0.3, 0.4) is 0 Å². The lowest BCUT2D eigenvalue weighted by atomic mass is 10.2. The molecule has 0 aliphatic carbocycles. The van der Waals surface area contributed by atoms with Gasteiger partial charge in [-0.05, 0) is 68.8 Å². The molecular weight excluding hydrogens is 424 g/mol. The van der Waals surface area contributed by atoms with Gasteiger partial charge >= 0.3 is 0 Å². The molecule has 0 radical (unpaired) electrons. The van der Waals surface area contributed by atoms with Crippen molar-refractivity contribution in [2.24, 2.45) is 0 Å². The van der Waals surface area contributed by atoms with Gasteiger partial charge in [0.15, 0.2) is 11.0 Å². The van der Waals surface area contributed by atoms with Crippen LogP contribution in [0.5, 0.6) is 11.5 Å². The Kier molecular flexibility index (Phi) is 6.61. The molecule has 2 aromatic carbocycles. The SMILES string of the molecule is CCn1c(SCC(=O)Nc2ccc(Oc3cccc(C)c3)cc2)nnc1-c1ccoc1C. The summed E-state index contributed by atoms with van der Waals surface area (Å²) in [5, 5.41) is 12.1. The number of carbonyl (C=O) groups is 1. The van der Waals surface area contributed by atoms with E-state index in [0.29, 0.717) is 23.1 Å². The Labute approximate surface area is 190 Å². The van der Waals surface area contributed by atoms with Gasteiger partial charge in [-0.15, -0.1) is 10.2 Å². The second-order valence-corrected chi connectivity index (χ2v) is 8.16. The zero-order valence-electron chi connectivity index (χ0n) is 18.2. The summed E-state index contributed by atoms with van der Waals surface area (Å²) < 4.78 is 13.2. The van der Waals surface area contributed by atoms with Crippen LogP contribution in [0.2, 0.25) is 0 Å². The van der Waals surface area contributed by atoms with Crippen molar-refractivity contribution in [3.63, 3.8) is 0 Å². The summed E-state index contributed by atoms with van der Waals surface area (Å²) in [6.45, 7) is 6.62. The van der Waals surface area contributed by atoms with Crippen LogP contribution in [0.4, 0.5) is 5.69 Å². The Morgan fingerprint density at radius 1 is 1.09 bits per heavy atom. The van der Waals surface area contributed by atoms with E-state index in [1.807, 2.05) is 79.9 Å². The van der Waals surface area contributed by atoms with Gasteiger partial charge in [0, 0.05) is 12.2 Å². The van der Waals surface area contributed by atoms with E-state index in [1.54, 1.807) is 6.26 Å². The number of benzene rings is 2. The van der Waals surface area contributed by atoms with E-state index in [0.717, 1.165) is 28.5 Å². The van der Waals surface area contributed by atoms with Crippen molar-refractivity contribution in [1.82, 2.24) is 14.8 Å². The first-order chi connectivity index (χ1) is 15.5. The van der Waals surface area contributed by atoms with Crippen LogP contribution in [-0.2, 0) is 11.3 Å². The van der Waals surface area contributed by atoms with Gasteiger partial charge in [0.05, 0.1) is 17.6 Å². The van der Waals surface area contributed by atoms with Gasteiger partial charge in [-0.3, -0.25) is 4.79 Å². The smallest absolute Gasteiger partial charge is 0.234 e. The molecule has 0 saturated carbocycles.